The molecule has 0 amide bonds. The van der Waals surface area contributed by atoms with Gasteiger partial charge in [-0.3, -0.25) is 9.59 Å². The molecule has 4 rings (SSSR count). The minimum Gasteiger partial charge on any atom is -0.393 e. The van der Waals surface area contributed by atoms with Crippen LogP contribution in [0.3, 0.4) is 0 Å². The molecule has 0 aliphatic heterocycles. The second-order valence-corrected chi connectivity index (χ2v) is 8.54. The maximum absolute atomic E-state index is 12.4. The standard InChI is InChI=1S/C19H26O3/c1-18-8-7-12(20)9-11(18)3-4-13-14-5-6-16(22)19(14,2)10-15(21)17(13)18/h9,13-15,17,21H,3-8,10H2,1-2H3/t13?,14?,15?,17?,18-,19-/m0/s1. The molecule has 0 aromatic heterocycles. The number of ketones is 2. The van der Waals surface area contributed by atoms with Crippen LogP contribution < -0.4 is 0 Å². The molecule has 0 heterocycles. The normalized spacial score (nSPS) is 51.0. The first kappa shape index (κ1) is 14.6. The number of carbonyl (C=O) groups excluding carboxylic acids is 2. The lowest BCUT2D eigenvalue weighted by atomic mass is 9.46. The molecule has 0 bridgehead atoms. The van der Waals surface area contributed by atoms with Crippen molar-refractivity contribution in [3.8, 4) is 0 Å². The molecule has 4 aliphatic carbocycles. The largest absolute Gasteiger partial charge is 0.393 e. The molecule has 4 unspecified atom stereocenters. The van der Waals surface area contributed by atoms with Crippen LogP contribution in [0.25, 0.3) is 0 Å². The lowest BCUT2D eigenvalue weighted by Crippen LogP contribution is -2.56. The van der Waals surface area contributed by atoms with Crippen molar-refractivity contribution in [3.05, 3.63) is 11.6 Å². The van der Waals surface area contributed by atoms with Crippen LogP contribution in [-0.2, 0) is 9.59 Å². The summed E-state index contributed by atoms with van der Waals surface area (Å²) in [5.41, 5.74) is 0.920. The summed E-state index contributed by atoms with van der Waals surface area (Å²) in [5, 5.41) is 10.9. The number of rotatable bonds is 0. The lowest BCUT2D eigenvalue weighted by Gasteiger charge is -2.58. The Labute approximate surface area is 132 Å². The Morgan fingerprint density at radius 2 is 1.86 bits per heavy atom. The van der Waals surface area contributed by atoms with Gasteiger partial charge in [-0.25, -0.2) is 0 Å². The van der Waals surface area contributed by atoms with E-state index in [2.05, 4.69) is 13.8 Å². The zero-order chi connectivity index (χ0) is 15.7. The molecule has 6 atom stereocenters. The van der Waals surface area contributed by atoms with Gasteiger partial charge in [0.2, 0.25) is 0 Å². The summed E-state index contributed by atoms with van der Waals surface area (Å²) in [4.78, 5) is 24.2. The van der Waals surface area contributed by atoms with Crippen molar-refractivity contribution in [1.82, 2.24) is 0 Å². The SMILES string of the molecule is C[C@]12CCC(=O)C=C1CCC1C2C(O)C[C@]2(C)C(=O)CCC12. The number of carbonyl (C=O) groups is 2. The first-order chi connectivity index (χ1) is 10.4. The fourth-order valence-electron chi connectivity index (χ4n) is 6.46. The molecule has 1 N–H and O–H groups in total. The number of hydrogen-bond acceptors (Lipinski definition) is 3. The van der Waals surface area contributed by atoms with Crippen LogP contribution >= 0.6 is 0 Å². The minimum absolute atomic E-state index is 0.0385. The number of allylic oxidation sites excluding steroid dienone is 1. The van der Waals surface area contributed by atoms with Crippen LogP contribution in [0.2, 0.25) is 0 Å². The highest BCUT2D eigenvalue weighted by molar-refractivity contribution is 5.91. The van der Waals surface area contributed by atoms with Crippen LogP contribution in [0.4, 0.5) is 0 Å². The third kappa shape index (κ3) is 1.72. The summed E-state index contributed by atoms with van der Waals surface area (Å²) in [7, 11) is 0. The molecule has 120 valence electrons. The lowest BCUT2D eigenvalue weighted by molar-refractivity contribution is -0.147. The molecule has 0 radical (unpaired) electrons. The van der Waals surface area contributed by atoms with E-state index in [-0.39, 0.29) is 22.5 Å². The van der Waals surface area contributed by atoms with Crippen LogP contribution in [0.5, 0.6) is 0 Å². The van der Waals surface area contributed by atoms with Crippen molar-refractivity contribution in [2.24, 2.45) is 28.6 Å². The number of hydrogen-bond donors (Lipinski definition) is 1. The van der Waals surface area contributed by atoms with Crippen molar-refractivity contribution in [1.29, 1.82) is 0 Å². The van der Waals surface area contributed by atoms with Crippen LogP contribution in [-0.4, -0.2) is 22.8 Å². The number of Topliss-reactive ketones (excluding diaryl/α,β-unsaturated/α-hetero) is 1. The molecular weight excluding hydrogens is 276 g/mol. The Bertz CT molecular complexity index is 577. The summed E-state index contributed by atoms with van der Waals surface area (Å²) < 4.78 is 0. The Hall–Kier alpha value is -0.960. The zero-order valence-corrected chi connectivity index (χ0v) is 13.6. The number of fused-ring (bicyclic) bond motifs is 5. The highest BCUT2D eigenvalue weighted by atomic mass is 16.3. The summed E-state index contributed by atoms with van der Waals surface area (Å²) in [5.74, 6) is 1.71. The Kier molecular flexibility index (Phi) is 3.01. The molecule has 0 aromatic carbocycles. The van der Waals surface area contributed by atoms with Crippen molar-refractivity contribution in [3.63, 3.8) is 0 Å². The van der Waals surface area contributed by atoms with Crippen LogP contribution in [0.1, 0.15) is 58.8 Å². The van der Waals surface area contributed by atoms with E-state index >= 15 is 0 Å². The summed E-state index contributed by atoms with van der Waals surface area (Å²) >= 11 is 0. The van der Waals surface area contributed by atoms with Crippen molar-refractivity contribution in [2.75, 3.05) is 0 Å². The zero-order valence-electron chi connectivity index (χ0n) is 13.6. The van der Waals surface area contributed by atoms with Gasteiger partial charge in [-0.1, -0.05) is 19.4 Å². The third-order valence-electron chi connectivity index (χ3n) is 7.61. The fourth-order valence-corrected chi connectivity index (χ4v) is 6.46. The predicted molar refractivity (Wildman–Crippen MR) is 83.1 cm³/mol. The Morgan fingerprint density at radius 3 is 2.64 bits per heavy atom. The van der Waals surface area contributed by atoms with Crippen LogP contribution in [0, 0.1) is 28.6 Å². The fraction of sp³-hybridized carbons (Fsp3) is 0.789. The van der Waals surface area contributed by atoms with E-state index in [0.29, 0.717) is 36.9 Å². The molecule has 22 heavy (non-hydrogen) atoms. The summed E-state index contributed by atoms with van der Waals surface area (Å²) in [6.07, 6.45) is 7.24. The Balaban J connectivity index is 1.75. The monoisotopic (exact) mass is 302 g/mol. The first-order valence-electron chi connectivity index (χ1n) is 8.81. The molecule has 3 saturated carbocycles. The van der Waals surface area contributed by atoms with Gasteiger partial charge < -0.3 is 5.11 Å². The predicted octanol–water partition coefficient (Wildman–Crippen LogP) is 3.06. The smallest absolute Gasteiger partial charge is 0.155 e. The third-order valence-corrected chi connectivity index (χ3v) is 7.61. The van der Waals surface area contributed by atoms with E-state index in [1.165, 1.54) is 5.57 Å². The van der Waals surface area contributed by atoms with Gasteiger partial charge in [0.1, 0.15) is 5.78 Å². The van der Waals surface area contributed by atoms with Gasteiger partial charge in [0.15, 0.2) is 5.78 Å². The van der Waals surface area contributed by atoms with Crippen molar-refractivity contribution < 1.29 is 14.7 Å². The van der Waals surface area contributed by atoms with Gasteiger partial charge in [-0.2, -0.15) is 0 Å². The minimum atomic E-state index is -0.407. The van der Waals surface area contributed by atoms with Gasteiger partial charge in [-0.15, -0.1) is 0 Å². The highest BCUT2D eigenvalue weighted by Gasteiger charge is 2.61. The topological polar surface area (TPSA) is 54.4 Å². The van der Waals surface area contributed by atoms with E-state index in [0.717, 1.165) is 25.7 Å². The van der Waals surface area contributed by atoms with Crippen LogP contribution in [0.15, 0.2) is 11.6 Å². The molecule has 0 saturated heterocycles. The molecule has 3 heteroatoms. The van der Waals surface area contributed by atoms with Crippen molar-refractivity contribution in [2.45, 2.75) is 64.9 Å². The van der Waals surface area contributed by atoms with E-state index in [1.807, 2.05) is 6.08 Å². The highest BCUT2D eigenvalue weighted by Crippen LogP contribution is 2.64. The molecular formula is C19H26O3. The van der Waals surface area contributed by atoms with E-state index in [4.69, 9.17) is 0 Å². The maximum Gasteiger partial charge on any atom is 0.155 e. The molecule has 3 nitrogen and oxygen atoms in total. The first-order valence-corrected chi connectivity index (χ1v) is 8.81. The second kappa shape index (κ2) is 4.53. The number of aliphatic hydroxyl groups is 1. The van der Waals surface area contributed by atoms with E-state index in [9.17, 15) is 14.7 Å². The molecule has 0 spiro atoms. The van der Waals surface area contributed by atoms with E-state index < -0.39 is 6.10 Å². The molecule has 0 aromatic rings. The second-order valence-electron chi connectivity index (χ2n) is 8.54. The summed E-state index contributed by atoms with van der Waals surface area (Å²) in [6, 6.07) is 0. The van der Waals surface area contributed by atoms with Gasteiger partial charge >= 0.3 is 0 Å². The van der Waals surface area contributed by atoms with Crippen molar-refractivity contribution >= 4 is 11.6 Å². The quantitative estimate of drug-likeness (QED) is 0.748. The van der Waals surface area contributed by atoms with Gasteiger partial charge in [0.05, 0.1) is 6.10 Å². The summed E-state index contributed by atoms with van der Waals surface area (Å²) in [6.45, 7) is 4.34. The number of aliphatic hydroxyl groups excluding tert-OH is 1. The van der Waals surface area contributed by atoms with Gasteiger partial charge in [-0.05, 0) is 61.3 Å². The Morgan fingerprint density at radius 1 is 1.09 bits per heavy atom. The average Bonchev–Trinajstić information content (AvgIpc) is 2.75. The van der Waals surface area contributed by atoms with E-state index in [1.54, 1.807) is 0 Å². The molecule has 4 aliphatic rings. The van der Waals surface area contributed by atoms with Gasteiger partial charge in [0.25, 0.3) is 0 Å². The molecule has 3 fully saturated rings. The maximum atomic E-state index is 12.4. The van der Waals surface area contributed by atoms with Gasteiger partial charge in [0, 0.05) is 18.3 Å². The average molecular weight is 302 g/mol.